The van der Waals surface area contributed by atoms with Crippen LogP contribution in [0.2, 0.25) is 5.02 Å². The van der Waals surface area contributed by atoms with Gasteiger partial charge in [0.05, 0.1) is 10.6 Å². The fourth-order valence-electron chi connectivity index (χ4n) is 10.3. The van der Waals surface area contributed by atoms with E-state index in [0.29, 0.717) is 52.3 Å². The zero-order valence-corrected chi connectivity index (χ0v) is 33.2. The number of nitriles is 1. The molecule has 4 fully saturated rings. The molecule has 1 unspecified atom stereocenters. The topological polar surface area (TPSA) is 135 Å². The second-order valence-electron chi connectivity index (χ2n) is 17.5. The Kier molecular flexibility index (Phi) is 9.76. The number of carbonyl (C=O) groups is 4. The fraction of sp³-hybridized carbons (Fsp3) is 0.477. The average Bonchev–Trinajstić information content (AvgIpc) is 3.50. The van der Waals surface area contributed by atoms with Gasteiger partial charge in [-0.1, -0.05) is 45.4 Å². The van der Waals surface area contributed by atoms with E-state index in [0.717, 1.165) is 56.0 Å². The molecule has 292 valence electrons. The summed E-state index contributed by atoms with van der Waals surface area (Å²) in [5.74, 6) is 0.969. The molecule has 12 heteroatoms. The number of hydrogen-bond acceptors (Lipinski definition) is 8. The third-order valence-electron chi connectivity index (χ3n) is 13.1. The van der Waals surface area contributed by atoms with Crippen LogP contribution < -0.4 is 25.2 Å². The molecule has 8 rings (SSSR count). The number of fused-ring (bicyclic) bond motifs is 1. The van der Waals surface area contributed by atoms with Gasteiger partial charge in [0.1, 0.15) is 24.0 Å². The van der Waals surface area contributed by atoms with Crippen molar-refractivity contribution < 1.29 is 23.9 Å². The van der Waals surface area contributed by atoms with Gasteiger partial charge in [-0.15, -0.1) is 0 Å². The van der Waals surface area contributed by atoms with Gasteiger partial charge < -0.3 is 24.8 Å². The Balaban J connectivity index is 0.800. The predicted octanol–water partition coefficient (Wildman–Crippen LogP) is 6.33. The van der Waals surface area contributed by atoms with Crippen molar-refractivity contribution in [2.24, 2.45) is 22.7 Å². The minimum Gasteiger partial charge on any atom is -0.489 e. The van der Waals surface area contributed by atoms with Gasteiger partial charge in [0.2, 0.25) is 11.8 Å². The van der Waals surface area contributed by atoms with Crippen molar-refractivity contribution in [2.45, 2.75) is 84.5 Å². The molecule has 11 nitrogen and oxygen atoms in total. The monoisotopic (exact) mass is 776 g/mol. The first-order valence-corrected chi connectivity index (χ1v) is 20.2. The van der Waals surface area contributed by atoms with E-state index in [9.17, 15) is 24.4 Å². The van der Waals surface area contributed by atoms with Gasteiger partial charge in [-0.05, 0) is 86.1 Å². The summed E-state index contributed by atoms with van der Waals surface area (Å²) in [6.45, 7) is 12.7. The van der Waals surface area contributed by atoms with Gasteiger partial charge in [-0.25, -0.2) is 0 Å². The Labute approximate surface area is 333 Å². The first kappa shape index (κ1) is 37.8. The van der Waals surface area contributed by atoms with Gasteiger partial charge in [0.25, 0.3) is 11.8 Å². The lowest BCUT2D eigenvalue weighted by Crippen LogP contribution is -2.74. The van der Waals surface area contributed by atoms with E-state index in [2.05, 4.69) is 72.4 Å². The highest BCUT2D eigenvalue weighted by Crippen LogP contribution is 2.55. The Morgan fingerprint density at radius 1 is 0.946 bits per heavy atom. The highest BCUT2D eigenvalue weighted by Gasteiger charge is 2.64. The molecule has 2 N–H and O–H groups in total. The lowest BCUT2D eigenvalue weighted by atomic mass is 9.49. The van der Waals surface area contributed by atoms with Crippen molar-refractivity contribution in [3.63, 3.8) is 0 Å². The molecule has 3 aromatic carbocycles. The number of rotatable bonds is 9. The number of ether oxygens (including phenoxy) is 1. The Morgan fingerprint density at radius 3 is 2.32 bits per heavy atom. The quantitative estimate of drug-likeness (QED) is 0.241. The van der Waals surface area contributed by atoms with Crippen molar-refractivity contribution in [3.8, 4) is 11.8 Å². The summed E-state index contributed by atoms with van der Waals surface area (Å²) >= 11 is 6.25. The van der Waals surface area contributed by atoms with Gasteiger partial charge in [-0.2, -0.15) is 5.26 Å². The maximum Gasteiger partial charge on any atom is 0.255 e. The van der Waals surface area contributed by atoms with Gasteiger partial charge in [0, 0.05) is 90.1 Å². The number of nitrogens with zero attached hydrogens (tertiary/aromatic N) is 4. The lowest BCUT2D eigenvalue weighted by molar-refractivity contribution is -0.164. The van der Waals surface area contributed by atoms with E-state index < -0.39 is 6.04 Å². The number of halogens is 1. The number of imide groups is 1. The molecule has 0 spiro atoms. The standard InChI is InChI=1S/C44H49ClN6O5/c1-43(2)41(44(3,4)42(43)56-31-13-10-29(22-46)34(45)21-31)48-38(53)28-8-11-30(12-9-28)49-18-16-26(17-19-49)20-27-23-50(24-27)35-7-5-6-32-33(35)25-51(40(32)55)36-14-15-37(52)47-39(36)54/h5-13,21,26-27,36,41-42H,14-20,23-25H2,1-4H3,(H,48,53)(H,47,52,54). The summed E-state index contributed by atoms with van der Waals surface area (Å²) < 4.78 is 6.38. The first-order chi connectivity index (χ1) is 26.7. The number of anilines is 2. The van der Waals surface area contributed by atoms with Crippen LogP contribution in [0.15, 0.2) is 60.7 Å². The number of carbonyl (C=O) groups excluding carboxylic acids is 4. The van der Waals surface area contributed by atoms with Crippen molar-refractivity contribution in [1.82, 2.24) is 15.5 Å². The van der Waals surface area contributed by atoms with Gasteiger partial charge in [0.15, 0.2) is 0 Å². The minimum absolute atomic E-state index is 0.102. The normalized spacial score (nSPS) is 24.5. The highest BCUT2D eigenvalue weighted by atomic mass is 35.5. The number of nitrogens with one attached hydrogen (secondary N) is 2. The molecule has 0 bridgehead atoms. The van der Waals surface area contributed by atoms with E-state index in [1.807, 2.05) is 24.3 Å². The molecule has 1 atom stereocenters. The van der Waals surface area contributed by atoms with Crippen LogP contribution in [0.4, 0.5) is 11.4 Å². The van der Waals surface area contributed by atoms with Crippen LogP contribution in [0.5, 0.6) is 5.75 Å². The van der Waals surface area contributed by atoms with Crippen molar-refractivity contribution in [1.29, 1.82) is 5.26 Å². The number of amides is 4. The predicted molar refractivity (Wildman–Crippen MR) is 214 cm³/mol. The first-order valence-electron chi connectivity index (χ1n) is 19.8. The largest absolute Gasteiger partial charge is 0.489 e. The van der Waals surface area contributed by atoms with E-state index >= 15 is 0 Å². The molecule has 3 saturated heterocycles. The molecule has 0 aromatic heterocycles. The molecular formula is C44H49ClN6O5. The van der Waals surface area contributed by atoms with E-state index in [-0.39, 0.29) is 53.0 Å². The molecular weight excluding hydrogens is 728 g/mol. The summed E-state index contributed by atoms with van der Waals surface area (Å²) in [6.07, 6.45) is 3.87. The SMILES string of the molecule is CC1(C)C(NC(=O)c2ccc(N3CCC(CC4CN(c5cccc6c5CN(C5CCC(=O)NC5=O)C6=O)C4)CC3)cc2)C(C)(C)C1Oc1ccc(C#N)c(Cl)c1. The summed E-state index contributed by atoms with van der Waals surface area (Å²) in [5, 5.41) is 15.2. The molecule has 56 heavy (non-hydrogen) atoms. The Morgan fingerprint density at radius 2 is 1.66 bits per heavy atom. The van der Waals surface area contributed by atoms with Crippen molar-refractivity contribution in [3.05, 3.63) is 87.9 Å². The second-order valence-corrected chi connectivity index (χ2v) is 17.9. The maximum absolute atomic E-state index is 13.5. The minimum atomic E-state index is -0.607. The molecule has 4 amide bonds. The third kappa shape index (κ3) is 6.76. The third-order valence-corrected chi connectivity index (χ3v) is 13.4. The average molecular weight is 777 g/mol. The van der Waals surface area contributed by atoms with Crippen LogP contribution in [-0.4, -0.2) is 72.9 Å². The smallest absolute Gasteiger partial charge is 0.255 e. The molecule has 3 aromatic rings. The number of hydrogen-bond donors (Lipinski definition) is 2. The summed E-state index contributed by atoms with van der Waals surface area (Å²) in [7, 11) is 0. The highest BCUT2D eigenvalue weighted by molar-refractivity contribution is 6.31. The van der Waals surface area contributed by atoms with E-state index in [4.69, 9.17) is 16.3 Å². The summed E-state index contributed by atoms with van der Waals surface area (Å²) in [6, 6.07) is 20.3. The molecule has 1 aliphatic carbocycles. The molecule has 5 aliphatic rings. The van der Waals surface area contributed by atoms with Gasteiger partial charge in [-0.3, -0.25) is 24.5 Å². The zero-order valence-electron chi connectivity index (χ0n) is 32.4. The Hall–Kier alpha value is -5.08. The van der Waals surface area contributed by atoms with E-state index in [1.165, 1.54) is 6.42 Å². The molecule has 4 aliphatic heterocycles. The van der Waals surface area contributed by atoms with Gasteiger partial charge >= 0.3 is 0 Å². The number of benzene rings is 3. The summed E-state index contributed by atoms with van der Waals surface area (Å²) in [5.41, 5.74) is 4.21. The van der Waals surface area contributed by atoms with Crippen LogP contribution in [0.1, 0.15) is 91.6 Å². The van der Waals surface area contributed by atoms with Crippen LogP contribution in [0, 0.1) is 34.0 Å². The van der Waals surface area contributed by atoms with Crippen molar-refractivity contribution in [2.75, 3.05) is 36.0 Å². The zero-order chi connectivity index (χ0) is 39.5. The summed E-state index contributed by atoms with van der Waals surface area (Å²) in [4.78, 5) is 57.4. The van der Waals surface area contributed by atoms with Crippen LogP contribution in [0.25, 0.3) is 0 Å². The Bertz CT molecular complexity index is 2100. The second kappa shape index (κ2) is 14.5. The van der Waals surface area contributed by atoms with Crippen LogP contribution in [-0.2, 0) is 16.1 Å². The van der Waals surface area contributed by atoms with Crippen LogP contribution >= 0.6 is 11.6 Å². The molecule has 1 saturated carbocycles. The maximum atomic E-state index is 13.5. The molecule has 0 radical (unpaired) electrons. The van der Waals surface area contributed by atoms with Crippen LogP contribution in [0.3, 0.4) is 0 Å². The lowest BCUT2D eigenvalue weighted by Gasteiger charge is -2.63. The fourth-order valence-corrected chi connectivity index (χ4v) is 10.5. The van der Waals surface area contributed by atoms with Crippen molar-refractivity contribution >= 4 is 46.6 Å². The van der Waals surface area contributed by atoms with E-state index in [1.54, 1.807) is 23.1 Å². The number of piperidine rings is 2. The molecule has 4 heterocycles.